The van der Waals surface area contributed by atoms with Crippen LogP contribution in [0.3, 0.4) is 0 Å². The van der Waals surface area contributed by atoms with Crippen LogP contribution in [0.2, 0.25) is 0 Å². The predicted molar refractivity (Wildman–Crippen MR) is 143 cm³/mol. The van der Waals surface area contributed by atoms with Gasteiger partial charge in [0, 0.05) is 13.0 Å². The monoisotopic (exact) mass is 543 g/mol. The number of carbonyl (C=O) groups excluding carboxylic acids is 4. The van der Waals surface area contributed by atoms with E-state index in [1.807, 2.05) is 6.92 Å². The molecule has 11 heteroatoms. The first-order chi connectivity index (χ1) is 18.3. The molecular weight excluding hydrogens is 506 g/mol. The number of benzene rings is 2. The molecule has 11 nitrogen and oxygen atoms in total. The number of ether oxygens (including phenoxy) is 2. The number of aryl methyl sites for hydroxylation is 1. The maximum absolute atomic E-state index is 14.0. The third-order valence-electron chi connectivity index (χ3n) is 5.58. The van der Waals surface area contributed by atoms with Crippen molar-refractivity contribution in [3.05, 3.63) is 65.2 Å². The van der Waals surface area contributed by atoms with Crippen molar-refractivity contribution in [1.82, 2.24) is 15.5 Å². The van der Waals surface area contributed by atoms with Gasteiger partial charge in [-0.2, -0.15) is 0 Å². The quantitative estimate of drug-likeness (QED) is 0.314. The van der Waals surface area contributed by atoms with E-state index in [0.29, 0.717) is 11.1 Å². The highest BCUT2D eigenvalue weighted by atomic mass is 16.6. The minimum absolute atomic E-state index is 0.00465. The summed E-state index contributed by atoms with van der Waals surface area (Å²) in [5, 5.41) is 24.6. The van der Waals surface area contributed by atoms with E-state index in [-0.39, 0.29) is 18.7 Å². The van der Waals surface area contributed by atoms with Gasteiger partial charge in [0.1, 0.15) is 30.0 Å². The molecule has 0 saturated heterocycles. The fraction of sp³-hybridized carbons (Fsp3) is 0.429. The van der Waals surface area contributed by atoms with Crippen LogP contribution in [0.1, 0.15) is 43.5 Å². The highest BCUT2D eigenvalue weighted by molar-refractivity contribution is 5.93. The zero-order chi connectivity index (χ0) is 29.2. The number of nitrogens with zero attached hydrogens (tertiary/aromatic N) is 1. The lowest BCUT2D eigenvalue weighted by Crippen LogP contribution is -2.54. The van der Waals surface area contributed by atoms with Crippen molar-refractivity contribution in [2.24, 2.45) is 0 Å². The van der Waals surface area contributed by atoms with E-state index in [2.05, 4.69) is 15.4 Å². The van der Waals surface area contributed by atoms with Crippen molar-refractivity contribution in [3.8, 4) is 5.75 Å². The first kappa shape index (κ1) is 31.1. The number of nitrogens with one attached hydrogen (secondary N) is 2. The zero-order valence-electron chi connectivity index (χ0n) is 22.9. The number of phenols is 1. The van der Waals surface area contributed by atoms with Crippen LogP contribution >= 0.6 is 0 Å². The van der Waals surface area contributed by atoms with Gasteiger partial charge in [-0.15, -0.1) is 0 Å². The van der Waals surface area contributed by atoms with Crippen LogP contribution in [0.5, 0.6) is 5.75 Å². The van der Waals surface area contributed by atoms with E-state index < -0.39 is 54.7 Å². The molecule has 4 N–H and O–H groups in total. The number of aliphatic hydroxyl groups excluding tert-OH is 1. The molecule has 2 atom stereocenters. The Morgan fingerprint density at radius 3 is 2.15 bits per heavy atom. The summed E-state index contributed by atoms with van der Waals surface area (Å²) in [7, 11) is 1.18. The molecular formula is C28H37N3O8. The van der Waals surface area contributed by atoms with Gasteiger partial charge in [0.2, 0.25) is 11.8 Å². The fourth-order valence-corrected chi connectivity index (χ4v) is 3.74. The van der Waals surface area contributed by atoms with E-state index in [9.17, 15) is 29.4 Å². The molecule has 0 spiro atoms. The van der Waals surface area contributed by atoms with Crippen LogP contribution in [-0.2, 0) is 30.3 Å². The molecule has 0 aromatic heterocycles. The van der Waals surface area contributed by atoms with Gasteiger partial charge < -0.3 is 35.2 Å². The minimum Gasteiger partial charge on any atom is -0.508 e. The van der Waals surface area contributed by atoms with Gasteiger partial charge in [0.15, 0.2) is 0 Å². The third kappa shape index (κ3) is 9.93. The molecule has 2 rings (SSSR count). The second-order valence-corrected chi connectivity index (χ2v) is 9.93. The van der Waals surface area contributed by atoms with E-state index in [0.717, 1.165) is 10.5 Å². The second kappa shape index (κ2) is 14.1. The molecule has 0 fully saturated rings. The van der Waals surface area contributed by atoms with Crippen molar-refractivity contribution in [1.29, 1.82) is 0 Å². The Hall–Kier alpha value is -4.12. The lowest BCUT2D eigenvalue weighted by atomic mass is 9.99. The Balaban J connectivity index is 2.50. The molecule has 2 aromatic rings. The second-order valence-electron chi connectivity index (χ2n) is 9.93. The van der Waals surface area contributed by atoms with Crippen LogP contribution in [0.25, 0.3) is 0 Å². The summed E-state index contributed by atoms with van der Waals surface area (Å²) in [5.74, 6) is -1.98. The Kier molecular flexibility index (Phi) is 11.3. The highest BCUT2D eigenvalue weighted by Crippen LogP contribution is 2.24. The topological polar surface area (TPSA) is 154 Å². The van der Waals surface area contributed by atoms with Gasteiger partial charge in [-0.05, 0) is 51.0 Å². The van der Waals surface area contributed by atoms with E-state index in [1.54, 1.807) is 57.2 Å². The molecule has 0 aliphatic carbocycles. The van der Waals surface area contributed by atoms with E-state index in [4.69, 9.17) is 4.74 Å². The summed E-state index contributed by atoms with van der Waals surface area (Å²) in [5.41, 5.74) is 1.14. The highest BCUT2D eigenvalue weighted by Gasteiger charge is 2.36. The Labute approximate surface area is 228 Å². The largest absolute Gasteiger partial charge is 0.508 e. The molecule has 0 aliphatic rings. The number of rotatable bonds is 11. The summed E-state index contributed by atoms with van der Waals surface area (Å²) in [6.45, 7) is 5.76. The zero-order valence-corrected chi connectivity index (χ0v) is 22.9. The Morgan fingerprint density at radius 1 is 1.00 bits per heavy atom. The summed E-state index contributed by atoms with van der Waals surface area (Å²) in [6, 6.07) is 10.5. The number of aromatic hydroxyl groups is 1. The number of hydrogen-bond donors (Lipinski definition) is 4. The fourth-order valence-electron chi connectivity index (χ4n) is 3.74. The van der Waals surface area contributed by atoms with Crippen LogP contribution in [0.4, 0.5) is 4.79 Å². The number of carbonyl (C=O) groups is 4. The van der Waals surface area contributed by atoms with Crippen LogP contribution in [0.15, 0.2) is 48.5 Å². The maximum atomic E-state index is 14.0. The van der Waals surface area contributed by atoms with Crippen LogP contribution < -0.4 is 10.6 Å². The van der Waals surface area contributed by atoms with Crippen molar-refractivity contribution in [2.45, 2.75) is 51.8 Å². The molecule has 3 amide bonds. The van der Waals surface area contributed by atoms with Gasteiger partial charge in [0.25, 0.3) is 0 Å². The average molecular weight is 544 g/mol. The van der Waals surface area contributed by atoms with Crippen molar-refractivity contribution >= 4 is 23.9 Å². The van der Waals surface area contributed by atoms with Gasteiger partial charge >= 0.3 is 12.1 Å². The third-order valence-corrected chi connectivity index (χ3v) is 5.58. The van der Waals surface area contributed by atoms with Gasteiger partial charge in [0.05, 0.1) is 13.7 Å². The Morgan fingerprint density at radius 2 is 1.62 bits per heavy atom. The molecule has 39 heavy (non-hydrogen) atoms. The lowest BCUT2D eigenvalue weighted by Gasteiger charge is -2.34. The van der Waals surface area contributed by atoms with Crippen molar-refractivity contribution in [3.63, 3.8) is 0 Å². The number of hydrogen-bond acceptors (Lipinski definition) is 8. The number of amides is 3. The average Bonchev–Trinajstić information content (AvgIpc) is 2.87. The number of aliphatic hydroxyl groups is 1. The first-order valence-corrected chi connectivity index (χ1v) is 12.4. The number of phenolic OH excluding ortho intramolecular Hbond substituents is 1. The minimum atomic E-state index is -1.24. The van der Waals surface area contributed by atoms with Crippen molar-refractivity contribution < 1.29 is 38.9 Å². The summed E-state index contributed by atoms with van der Waals surface area (Å²) >= 11 is 0. The summed E-state index contributed by atoms with van der Waals surface area (Å²) in [4.78, 5) is 52.9. The maximum Gasteiger partial charge on any atom is 0.408 e. The lowest BCUT2D eigenvalue weighted by molar-refractivity contribution is -0.145. The van der Waals surface area contributed by atoms with Gasteiger partial charge in [-0.3, -0.25) is 14.4 Å². The standard InChI is InChI=1S/C28H37N3O8/c1-18-6-10-20(11-7-18)24(25(35)29-17-23(34)38-5)31(14-15-32)26(36)22(30-27(37)39-28(2,3)4)16-19-8-12-21(33)13-9-19/h6-13,22,24,32-33H,14-17H2,1-5H3,(H,29,35)(H,30,37). The smallest absolute Gasteiger partial charge is 0.408 e. The van der Waals surface area contributed by atoms with Gasteiger partial charge in [-0.25, -0.2) is 4.79 Å². The molecule has 212 valence electrons. The van der Waals surface area contributed by atoms with Crippen LogP contribution in [0, 0.1) is 6.92 Å². The number of methoxy groups -OCH3 is 1. The number of alkyl carbamates (subject to hydrolysis) is 1. The molecule has 2 unspecified atom stereocenters. The van der Waals surface area contributed by atoms with Crippen LogP contribution in [-0.4, -0.2) is 77.4 Å². The van der Waals surface area contributed by atoms with E-state index in [1.165, 1.54) is 19.2 Å². The molecule has 0 aliphatic heterocycles. The number of esters is 1. The SMILES string of the molecule is COC(=O)CNC(=O)C(c1ccc(C)cc1)N(CCO)C(=O)C(Cc1ccc(O)cc1)NC(=O)OC(C)(C)C. The molecule has 0 bridgehead atoms. The summed E-state index contributed by atoms with van der Waals surface area (Å²) < 4.78 is 9.96. The molecule has 2 aromatic carbocycles. The normalized spacial score (nSPS) is 12.6. The molecule has 0 heterocycles. The molecule has 0 saturated carbocycles. The van der Waals surface area contributed by atoms with Crippen molar-refractivity contribution in [2.75, 3.05) is 26.8 Å². The molecule has 0 radical (unpaired) electrons. The predicted octanol–water partition coefficient (Wildman–Crippen LogP) is 1.99. The van der Waals surface area contributed by atoms with Gasteiger partial charge in [-0.1, -0.05) is 42.0 Å². The Bertz CT molecular complexity index is 1130. The first-order valence-electron chi connectivity index (χ1n) is 12.4. The van der Waals surface area contributed by atoms with E-state index >= 15 is 0 Å². The summed E-state index contributed by atoms with van der Waals surface area (Å²) in [6.07, 6.45) is -0.837.